The first-order chi connectivity index (χ1) is 8.68. The molecule has 1 saturated heterocycles. The number of nitrogens with one attached hydrogen (secondary N) is 2. The number of rotatable bonds is 9. The fraction of sp³-hybridized carbons (Fsp3) is 1.00. The second-order valence-electron chi connectivity index (χ2n) is 5.86. The molecule has 2 N–H and O–H groups in total. The SMILES string of the molecule is CC(CC1CCCCN1)NCCCCOC(C)C. The Morgan fingerprint density at radius 3 is 2.72 bits per heavy atom. The van der Waals surface area contributed by atoms with E-state index in [9.17, 15) is 0 Å². The average Bonchev–Trinajstić information content (AvgIpc) is 2.34. The predicted octanol–water partition coefficient (Wildman–Crippen LogP) is 2.70. The van der Waals surface area contributed by atoms with Gasteiger partial charge in [-0.05, 0) is 66.0 Å². The number of piperidine rings is 1. The normalized spacial score (nSPS) is 22.3. The topological polar surface area (TPSA) is 33.3 Å². The van der Waals surface area contributed by atoms with E-state index in [0.717, 1.165) is 19.2 Å². The summed E-state index contributed by atoms with van der Waals surface area (Å²) < 4.78 is 5.53. The first-order valence-corrected chi connectivity index (χ1v) is 7.77. The molecule has 18 heavy (non-hydrogen) atoms. The van der Waals surface area contributed by atoms with Crippen molar-refractivity contribution >= 4 is 0 Å². The minimum Gasteiger partial charge on any atom is -0.379 e. The minimum absolute atomic E-state index is 0.370. The molecule has 0 aromatic carbocycles. The highest BCUT2D eigenvalue weighted by atomic mass is 16.5. The van der Waals surface area contributed by atoms with Gasteiger partial charge in [-0.3, -0.25) is 0 Å². The van der Waals surface area contributed by atoms with Crippen molar-refractivity contribution in [3.05, 3.63) is 0 Å². The van der Waals surface area contributed by atoms with E-state index >= 15 is 0 Å². The van der Waals surface area contributed by atoms with E-state index in [1.54, 1.807) is 0 Å². The van der Waals surface area contributed by atoms with E-state index in [1.807, 2.05) is 0 Å². The highest BCUT2D eigenvalue weighted by molar-refractivity contribution is 4.76. The summed E-state index contributed by atoms with van der Waals surface area (Å²) in [7, 11) is 0. The maximum Gasteiger partial charge on any atom is 0.0518 e. The van der Waals surface area contributed by atoms with Crippen LogP contribution >= 0.6 is 0 Å². The molecule has 0 aliphatic carbocycles. The van der Waals surface area contributed by atoms with Crippen LogP contribution in [0.15, 0.2) is 0 Å². The largest absolute Gasteiger partial charge is 0.379 e. The van der Waals surface area contributed by atoms with Crippen LogP contribution in [-0.2, 0) is 4.74 Å². The van der Waals surface area contributed by atoms with Crippen LogP contribution in [0.2, 0.25) is 0 Å². The Morgan fingerprint density at radius 1 is 1.22 bits per heavy atom. The molecule has 108 valence electrons. The van der Waals surface area contributed by atoms with Gasteiger partial charge in [-0.2, -0.15) is 0 Å². The Morgan fingerprint density at radius 2 is 2.06 bits per heavy atom. The van der Waals surface area contributed by atoms with Gasteiger partial charge in [-0.15, -0.1) is 0 Å². The van der Waals surface area contributed by atoms with Crippen LogP contribution in [0.5, 0.6) is 0 Å². The molecular formula is C15H32N2O. The third kappa shape index (κ3) is 8.06. The Labute approximate surface area is 113 Å². The van der Waals surface area contributed by atoms with Crippen molar-refractivity contribution in [1.29, 1.82) is 0 Å². The lowest BCUT2D eigenvalue weighted by atomic mass is 9.99. The van der Waals surface area contributed by atoms with Gasteiger partial charge in [0.25, 0.3) is 0 Å². The molecule has 1 fully saturated rings. The van der Waals surface area contributed by atoms with Gasteiger partial charge in [0.1, 0.15) is 0 Å². The van der Waals surface area contributed by atoms with E-state index in [4.69, 9.17) is 4.74 Å². The molecule has 0 bridgehead atoms. The molecule has 0 aromatic heterocycles. The molecule has 1 aliphatic heterocycles. The van der Waals surface area contributed by atoms with Crippen LogP contribution < -0.4 is 10.6 Å². The molecule has 0 saturated carbocycles. The van der Waals surface area contributed by atoms with E-state index < -0.39 is 0 Å². The second kappa shape index (κ2) is 9.76. The summed E-state index contributed by atoms with van der Waals surface area (Å²) in [6, 6.07) is 1.37. The van der Waals surface area contributed by atoms with Crippen LogP contribution in [0.4, 0.5) is 0 Å². The van der Waals surface area contributed by atoms with E-state index in [1.165, 1.54) is 45.1 Å². The van der Waals surface area contributed by atoms with Crippen molar-refractivity contribution in [3.8, 4) is 0 Å². The van der Waals surface area contributed by atoms with Gasteiger partial charge in [-0.1, -0.05) is 6.42 Å². The summed E-state index contributed by atoms with van der Waals surface area (Å²) >= 11 is 0. The molecule has 0 spiro atoms. The smallest absolute Gasteiger partial charge is 0.0518 e. The van der Waals surface area contributed by atoms with E-state index in [2.05, 4.69) is 31.4 Å². The van der Waals surface area contributed by atoms with Crippen molar-refractivity contribution in [1.82, 2.24) is 10.6 Å². The van der Waals surface area contributed by atoms with Crippen molar-refractivity contribution in [3.63, 3.8) is 0 Å². The van der Waals surface area contributed by atoms with E-state index in [-0.39, 0.29) is 0 Å². The van der Waals surface area contributed by atoms with Gasteiger partial charge < -0.3 is 15.4 Å². The zero-order chi connectivity index (χ0) is 13.2. The van der Waals surface area contributed by atoms with Gasteiger partial charge in [-0.25, -0.2) is 0 Å². The van der Waals surface area contributed by atoms with Crippen molar-refractivity contribution < 1.29 is 4.74 Å². The molecule has 2 atom stereocenters. The highest BCUT2D eigenvalue weighted by Gasteiger charge is 2.14. The van der Waals surface area contributed by atoms with Gasteiger partial charge >= 0.3 is 0 Å². The Hall–Kier alpha value is -0.120. The second-order valence-corrected chi connectivity index (χ2v) is 5.86. The van der Waals surface area contributed by atoms with Crippen LogP contribution in [0.25, 0.3) is 0 Å². The molecule has 1 aliphatic rings. The van der Waals surface area contributed by atoms with Crippen molar-refractivity contribution in [2.75, 3.05) is 19.7 Å². The summed E-state index contributed by atoms with van der Waals surface area (Å²) in [4.78, 5) is 0. The molecule has 0 radical (unpaired) electrons. The molecular weight excluding hydrogens is 224 g/mol. The van der Waals surface area contributed by atoms with Gasteiger partial charge in [0.2, 0.25) is 0 Å². The van der Waals surface area contributed by atoms with Gasteiger partial charge in [0.15, 0.2) is 0 Å². The summed E-state index contributed by atoms with van der Waals surface area (Å²) in [5, 5.41) is 7.24. The fourth-order valence-corrected chi connectivity index (χ4v) is 2.53. The van der Waals surface area contributed by atoms with Crippen LogP contribution in [0.3, 0.4) is 0 Å². The van der Waals surface area contributed by atoms with Crippen molar-refractivity contribution in [2.24, 2.45) is 0 Å². The first-order valence-electron chi connectivity index (χ1n) is 7.77. The number of unbranched alkanes of at least 4 members (excludes halogenated alkanes) is 1. The van der Waals surface area contributed by atoms with Gasteiger partial charge in [0, 0.05) is 18.7 Å². The summed E-state index contributed by atoms with van der Waals surface area (Å²) in [6.45, 7) is 9.73. The lowest BCUT2D eigenvalue weighted by Crippen LogP contribution is -2.40. The van der Waals surface area contributed by atoms with Crippen LogP contribution in [-0.4, -0.2) is 37.9 Å². The standard InChI is InChI=1S/C15H32N2O/c1-13(2)18-11-7-6-9-16-14(3)12-15-8-4-5-10-17-15/h13-17H,4-12H2,1-3H3. The van der Waals surface area contributed by atoms with Gasteiger partial charge in [0.05, 0.1) is 6.10 Å². The molecule has 0 amide bonds. The third-order valence-electron chi connectivity index (χ3n) is 3.57. The predicted molar refractivity (Wildman–Crippen MR) is 78.0 cm³/mol. The highest BCUT2D eigenvalue weighted by Crippen LogP contribution is 2.11. The summed E-state index contributed by atoms with van der Waals surface area (Å²) in [6.07, 6.45) is 8.13. The first kappa shape index (κ1) is 15.9. The summed E-state index contributed by atoms with van der Waals surface area (Å²) in [5.74, 6) is 0. The molecule has 3 nitrogen and oxygen atoms in total. The number of hydrogen-bond acceptors (Lipinski definition) is 3. The third-order valence-corrected chi connectivity index (χ3v) is 3.57. The summed E-state index contributed by atoms with van der Waals surface area (Å²) in [5.41, 5.74) is 0. The molecule has 0 aromatic rings. The van der Waals surface area contributed by atoms with E-state index in [0.29, 0.717) is 12.1 Å². The lowest BCUT2D eigenvalue weighted by molar-refractivity contribution is 0.0759. The fourth-order valence-electron chi connectivity index (χ4n) is 2.53. The molecule has 1 heterocycles. The van der Waals surface area contributed by atoms with Crippen LogP contribution in [0.1, 0.15) is 59.3 Å². The zero-order valence-electron chi connectivity index (χ0n) is 12.5. The Bertz CT molecular complexity index is 191. The maximum atomic E-state index is 5.53. The molecule has 2 unspecified atom stereocenters. The monoisotopic (exact) mass is 256 g/mol. The number of ether oxygens (including phenoxy) is 1. The Balaban J connectivity index is 1.91. The zero-order valence-corrected chi connectivity index (χ0v) is 12.5. The van der Waals surface area contributed by atoms with Crippen molar-refractivity contribution in [2.45, 2.75) is 77.5 Å². The quantitative estimate of drug-likeness (QED) is 0.622. The lowest BCUT2D eigenvalue weighted by Gasteiger charge is -2.26. The Kier molecular flexibility index (Phi) is 8.64. The average molecular weight is 256 g/mol. The molecule has 1 rings (SSSR count). The minimum atomic E-state index is 0.370. The number of hydrogen-bond donors (Lipinski definition) is 2. The maximum absolute atomic E-state index is 5.53. The molecule has 3 heteroatoms. The van der Waals surface area contributed by atoms with Crippen LogP contribution in [0, 0.1) is 0 Å².